The van der Waals surface area contributed by atoms with E-state index in [-0.39, 0.29) is 24.3 Å². The first kappa shape index (κ1) is 17.1. The average Bonchev–Trinajstić information content (AvgIpc) is 3.07. The highest BCUT2D eigenvalue weighted by Crippen LogP contribution is 2.26. The molecule has 2 amide bonds. The van der Waals surface area contributed by atoms with Gasteiger partial charge in [0, 0.05) is 30.3 Å². The van der Waals surface area contributed by atoms with Crippen LogP contribution in [0, 0.1) is 0 Å². The van der Waals surface area contributed by atoms with Crippen LogP contribution in [0.1, 0.15) is 16.8 Å². The lowest BCUT2D eigenvalue weighted by molar-refractivity contribution is -0.117. The van der Waals surface area contributed by atoms with Gasteiger partial charge in [0.15, 0.2) is 0 Å². The highest BCUT2D eigenvalue weighted by Gasteiger charge is 2.32. The normalized spacial score (nSPS) is 16.6. The largest absolute Gasteiger partial charge is 0.497 e. The molecule has 0 aromatic heterocycles. The van der Waals surface area contributed by atoms with Gasteiger partial charge in [-0.05, 0) is 29.0 Å². The van der Waals surface area contributed by atoms with Crippen molar-refractivity contribution in [1.82, 2.24) is 5.32 Å². The summed E-state index contributed by atoms with van der Waals surface area (Å²) < 4.78 is 5.23. The lowest BCUT2D eigenvalue weighted by atomic mass is 10.0. The number of hydrogen-bond acceptors (Lipinski definition) is 3. The molecule has 0 bridgehead atoms. The standard InChI is InChI=1S/C22H20N2O3/c1-27-18-9-5-8-17(13-18)24-14-16(12-21(24)25)23-22(26)20-11-4-7-15-6-2-3-10-19(15)20/h2-11,13,16H,12,14H2,1H3,(H,23,26)/t16-/m1/s1. The Morgan fingerprint density at radius 1 is 1.07 bits per heavy atom. The number of nitrogens with zero attached hydrogens (tertiary/aromatic N) is 1. The van der Waals surface area contributed by atoms with Crippen molar-refractivity contribution in [3.63, 3.8) is 0 Å². The molecule has 136 valence electrons. The maximum Gasteiger partial charge on any atom is 0.252 e. The fourth-order valence-electron chi connectivity index (χ4n) is 3.52. The number of fused-ring (bicyclic) bond motifs is 1. The predicted octanol–water partition coefficient (Wildman–Crippen LogP) is 3.38. The number of carbonyl (C=O) groups is 2. The molecular weight excluding hydrogens is 340 g/mol. The van der Waals surface area contributed by atoms with E-state index in [1.54, 1.807) is 12.0 Å². The van der Waals surface area contributed by atoms with Gasteiger partial charge in [-0.3, -0.25) is 9.59 Å². The van der Waals surface area contributed by atoms with Gasteiger partial charge in [-0.1, -0.05) is 42.5 Å². The fourth-order valence-corrected chi connectivity index (χ4v) is 3.52. The van der Waals surface area contributed by atoms with Crippen LogP contribution in [0.5, 0.6) is 5.75 Å². The topological polar surface area (TPSA) is 58.6 Å². The summed E-state index contributed by atoms with van der Waals surface area (Å²) in [6.07, 6.45) is 0.285. The number of carbonyl (C=O) groups excluding carboxylic acids is 2. The Morgan fingerprint density at radius 2 is 1.85 bits per heavy atom. The van der Waals surface area contributed by atoms with Crippen molar-refractivity contribution < 1.29 is 14.3 Å². The zero-order valence-electron chi connectivity index (χ0n) is 15.0. The summed E-state index contributed by atoms with van der Waals surface area (Å²) in [5, 5.41) is 4.94. The third kappa shape index (κ3) is 3.36. The number of rotatable bonds is 4. The first-order valence-electron chi connectivity index (χ1n) is 8.89. The summed E-state index contributed by atoms with van der Waals surface area (Å²) >= 11 is 0. The Hall–Kier alpha value is -3.34. The molecule has 0 aliphatic carbocycles. The van der Waals surface area contributed by atoms with E-state index < -0.39 is 0 Å². The van der Waals surface area contributed by atoms with Crippen LogP contribution >= 0.6 is 0 Å². The molecule has 0 saturated carbocycles. The van der Waals surface area contributed by atoms with E-state index in [0.29, 0.717) is 17.9 Å². The Bertz CT molecular complexity index is 1010. The maximum absolute atomic E-state index is 12.8. The van der Waals surface area contributed by atoms with Crippen LogP contribution in [-0.2, 0) is 4.79 Å². The van der Waals surface area contributed by atoms with E-state index in [4.69, 9.17) is 4.74 Å². The van der Waals surface area contributed by atoms with Crippen LogP contribution in [0.25, 0.3) is 10.8 Å². The molecule has 0 spiro atoms. The molecule has 1 fully saturated rings. The molecule has 5 heteroatoms. The monoisotopic (exact) mass is 360 g/mol. The van der Waals surface area contributed by atoms with Crippen LogP contribution < -0.4 is 15.0 Å². The zero-order chi connectivity index (χ0) is 18.8. The Morgan fingerprint density at radius 3 is 2.70 bits per heavy atom. The van der Waals surface area contributed by atoms with Gasteiger partial charge < -0.3 is 15.0 Å². The third-order valence-electron chi connectivity index (χ3n) is 4.86. The van der Waals surface area contributed by atoms with Crippen molar-refractivity contribution in [3.05, 3.63) is 72.3 Å². The molecule has 27 heavy (non-hydrogen) atoms. The van der Waals surface area contributed by atoms with Crippen LogP contribution in [0.3, 0.4) is 0 Å². The maximum atomic E-state index is 12.8. The van der Waals surface area contributed by atoms with Crippen LogP contribution in [0.2, 0.25) is 0 Å². The molecule has 1 saturated heterocycles. The molecule has 0 unspecified atom stereocenters. The summed E-state index contributed by atoms with van der Waals surface area (Å²) in [5.74, 6) is 0.534. The minimum Gasteiger partial charge on any atom is -0.497 e. The number of nitrogens with one attached hydrogen (secondary N) is 1. The minimum absolute atomic E-state index is 0.00790. The SMILES string of the molecule is COc1cccc(N2C[C@H](NC(=O)c3cccc4ccccc34)CC2=O)c1. The van der Waals surface area contributed by atoms with Crippen molar-refractivity contribution in [1.29, 1.82) is 0 Å². The Labute approximate surface area is 157 Å². The molecule has 3 aromatic carbocycles. The van der Waals surface area contributed by atoms with Crippen molar-refractivity contribution in [2.45, 2.75) is 12.5 Å². The predicted molar refractivity (Wildman–Crippen MR) is 105 cm³/mol. The molecule has 1 heterocycles. The number of hydrogen-bond donors (Lipinski definition) is 1. The number of benzene rings is 3. The lowest BCUT2D eigenvalue weighted by Gasteiger charge is -2.18. The van der Waals surface area contributed by atoms with Crippen LogP contribution in [0.4, 0.5) is 5.69 Å². The zero-order valence-corrected chi connectivity index (χ0v) is 15.0. The first-order valence-corrected chi connectivity index (χ1v) is 8.89. The van der Waals surface area contributed by atoms with Gasteiger partial charge in [0.1, 0.15) is 5.75 Å². The van der Waals surface area contributed by atoms with Crippen molar-refractivity contribution in [3.8, 4) is 5.75 Å². The molecule has 1 aliphatic rings. The van der Waals surface area contributed by atoms with Crippen molar-refractivity contribution in [2.75, 3.05) is 18.6 Å². The highest BCUT2D eigenvalue weighted by molar-refractivity contribution is 6.07. The fraction of sp³-hybridized carbons (Fsp3) is 0.182. The van der Waals surface area contributed by atoms with Gasteiger partial charge in [0.05, 0.1) is 13.2 Å². The molecule has 0 radical (unpaired) electrons. The minimum atomic E-state index is -0.227. The first-order chi connectivity index (χ1) is 13.2. The summed E-state index contributed by atoms with van der Waals surface area (Å²) in [6.45, 7) is 0.447. The quantitative estimate of drug-likeness (QED) is 0.776. The number of methoxy groups -OCH3 is 1. The molecular formula is C22H20N2O3. The summed E-state index contributed by atoms with van der Waals surface area (Å²) in [7, 11) is 1.60. The van der Waals surface area contributed by atoms with Gasteiger partial charge >= 0.3 is 0 Å². The van der Waals surface area contributed by atoms with Gasteiger partial charge in [0.25, 0.3) is 5.91 Å². The average molecular weight is 360 g/mol. The van der Waals surface area contributed by atoms with E-state index in [1.807, 2.05) is 66.7 Å². The van der Waals surface area contributed by atoms with Gasteiger partial charge in [-0.2, -0.15) is 0 Å². The second-order valence-electron chi connectivity index (χ2n) is 6.61. The molecule has 1 aliphatic heterocycles. The molecule has 3 aromatic rings. The van der Waals surface area contributed by atoms with Crippen molar-refractivity contribution in [2.24, 2.45) is 0 Å². The van der Waals surface area contributed by atoms with E-state index >= 15 is 0 Å². The molecule has 4 rings (SSSR count). The van der Waals surface area contributed by atoms with Crippen LogP contribution in [-0.4, -0.2) is 31.5 Å². The van der Waals surface area contributed by atoms with Crippen molar-refractivity contribution >= 4 is 28.3 Å². The van der Waals surface area contributed by atoms with Gasteiger partial charge in [-0.15, -0.1) is 0 Å². The van der Waals surface area contributed by atoms with E-state index in [9.17, 15) is 9.59 Å². The Balaban J connectivity index is 1.52. The lowest BCUT2D eigenvalue weighted by Crippen LogP contribution is -2.37. The molecule has 5 nitrogen and oxygen atoms in total. The van der Waals surface area contributed by atoms with Gasteiger partial charge in [-0.25, -0.2) is 0 Å². The molecule has 1 atom stereocenters. The summed E-state index contributed by atoms with van der Waals surface area (Å²) in [4.78, 5) is 26.9. The van der Waals surface area contributed by atoms with E-state index in [0.717, 1.165) is 16.5 Å². The second-order valence-corrected chi connectivity index (χ2v) is 6.61. The summed E-state index contributed by atoms with van der Waals surface area (Å²) in [6, 6.07) is 20.6. The van der Waals surface area contributed by atoms with E-state index in [1.165, 1.54) is 0 Å². The van der Waals surface area contributed by atoms with Gasteiger partial charge in [0.2, 0.25) is 5.91 Å². The second kappa shape index (κ2) is 7.11. The number of anilines is 1. The third-order valence-corrected chi connectivity index (χ3v) is 4.86. The number of amides is 2. The Kier molecular flexibility index (Phi) is 4.50. The summed E-state index contributed by atoms with van der Waals surface area (Å²) in [5.41, 5.74) is 1.40. The van der Waals surface area contributed by atoms with E-state index in [2.05, 4.69) is 5.32 Å². The highest BCUT2D eigenvalue weighted by atomic mass is 16.5. The van der Waals surface area contributed by atoms with Crippen LogP contribution in [0.15, 0.2) is 66.7 Å². The number of ether oxygens (including phenoxy) is 1. The smallest absolute Gasteiger partial charge is 0.252 e. The molecule has 1 N–H and O–H groups in total.